The Morgan fingerprint density at radius 3 is 2.71 bits per heavy atom. The molecule has 0 aromatic heterocycles. The van der Waals surface area contributed by atoms with Gasteiger partial charge in [-0.05, 0) is 36.5 Å². The van der Waals surface area contributed by atoms with E-state index in [0.29, 0.717) is 25.1 Å². The minimum absolute atomic E-state index is 0.155. The number of hydrogen-bond acceptors (Lipinski definition) is 7. The van der Waals surface area contributed by atoms with Gasteiger partial charge in [0.05, 0.1) is 0 Å². The average Bonchev–Trinajstić information content (AvgIpc) is 2.91. The SMILES string of the molecule is CSOS.NCc1ccc2c(c1)CN(C1CCC(=O)NC1=O)C2=O. The molecule has 1 unspecified atom stereocenters. The van der Waals surface area contributed by atoms with Gasteiger partial charge in [0.15, 0.2) is 0 Å². The molecule has 1 aromatic carbocycles. The Kier molecular flexibility index (Phi) is 6.67. The van der Waals surface area contributed by atoms with Gasteiger partial charge in [-0.2, -0.15) is 0 Å². The fraction of sp³-hybridized carbons (Fsp3) is 0.400. The van der Waals surface area contributed by atoms with Crippen LogP contribution in [0, 0.1) is 0 Å². The van der Waals surface area contributed by atoms with E-state index in [1.165, 1.54) is 16.9 Å². The van der Waals surface area contributed by atoms with Gasteiger partial charge in [-0.25, -0.2) is 0 Å². The van der Waals surface area contributed by atoms with Crippen molar-refractivity contribution < 1.29 is 18.0 Å². The first-order valence-corrected chi connectivity index (χ1v) is 8.84. The van der Waals surface area contributed by atoms with Crippen LogP contribution in [-0.2, 0) is 26.3 Å². The summed E-state index contributed by atoms with van der Waals surface area (Å²) in [6.45, 7) is 0.814. The molecule has 1 aromatic rings. The maximum Gasteiger partial charge on any atom is 0.255 e. The number of rotatable bonds is 3. The van der Waals surface area contributed by atoms with Crippen LogP contribution in [0.4, 0.5) is 0 Å². The Bertz CT molecular complexity index is 652. The lowest BCUT2D eigenvalue weighted by Gasteiger charge is -2.29. The van der Waals surface area contributed by atoms with Crippen molar-refractivity contribution >= 4 is 42.7 Å². The molecule has 3 amide bonds. The Morgan fingerprint density at radius 2 is 2.12 bits per heavy atom. The van der Waals surface area contributed by atoms with E-state index in [4.69, 9.17) is 5.73 Å². The number of carbonyl (C=O) groups is 3. The van der Waals surface area contributed by atoms with Gasteiger partial charge >= 0.3 is 0 Å². The normalized spacial score (nSPS) is 19.5. The molecule has 2 aliphatic rings. The van der Waals surface area contributed by atoms with Crippen LogP contribution in [-0.4, -0.2) is 34.9 Å². The zero-order valence-corrected chi connectivity index (χ0v) is 14.9. The quantitative estimate of drug-likeness (QED) is 0.418. The van der Waals surface area contributed by atoms with E-state index in [9.17, 15) is 14.4 Å². The van der Waals surface area contributed by atoms with Gasteiger partial charge < -0.3 is 10.6 Å². The van der Waals surface area contributed by atoms with Gasteiger partial charge in [0.1, 0.15) is 6.04 Å². The minimum Gasteiger partial charge on any atom is -0.326 e. The molecule has 2 heterocycles. The van der Waals surface area contributed by atoms with Crippen molar-refractivity contribution in [1.82, 2.24) is 10.2 Å². The summed E-state index contributed by atoms with van der Waals surface area (Å²) in [7, 11) is 0. The molecule has 7 nitrogen and oxygen atoms in total. The van der Waals surface area contributed by atoms with E-state index in [0.717, 1.165) is 11.1 Å². The molecule has 0 aliphatic carbocycles. The van der Waals surface area contributed by atoms with Crippen molar-refractivity contribution in [3.05, 3.63) is 34.9 Å². The highest BCUT2D eigenvalue weighted by atomic mass is 32.2. The Labute approximate surface area is 150 Å². The Morgan fingerprint density at radius 1 is 1.42 bits per heavy atom. The number of imide groups is 1. The van der Waals surface area contributed by atoms with E-state index >= 15 is 0 Å². The van der Waals surface area contributed by atoms with Crippen LogP contribution in [0.2, 0.25) is 0 Å². The molecular formula is C15H19N3O4S2. The molecule has 1 saturated heterocycles. The molecule has 0 spiro atoms. The predicted molar refractivity (Wildman–Crippen MR) is 94.0 cm³/mol. The predicted octanol–water partition coefficient (Wildman–Crippen LogP) is 1.03. The lowest BCUT2D eigenvalue weighted by Crippen LogP contribution is -2.52. The molecule has 0 bridgehead atoms. The zero-order valence-electron chi connectivity index (χ0n) is 13.2. The van der Waals surface area contributed by atoms with Crippen molar-refractivity contribution in [3.8, 4) is 0 Å². The summed E-state index contributed by atoms with van der Waals surface area (Å²) >= 11 is 4.60. The number of piperidine rings is 1. The number of nitrogens with zero attached hydrogens (tertiary/aromatic N) is 1. The smallest absolute Gasteiger partial charge is 0.255 e. The molecule has 24 heavy (non-hydrogen) atoms. The van der Waals surface area contributed by atoms with Gasteiger partial charge in [0.2, 0.25) is 11.8 Å². The van der Waals surface area contributed by atoms with Crippen molar-refractivity contribution in [2.75, 3.05) is 6.26 Å². The minimum atomic E-state index is -0.561. The highest BCUT2D eigenvalue weighted by Gasteiger charge is 2.38. The van der Waals surface area contributed by atoms with Crippen LogP contribution in [0.1, 0.15) is 34.3 Å². The van der Waals surface area contributed by atoms with Crippen LogP contribution < -0.4 is 11.1 Å². The third-order valence-electron chi connectivity index (χ3n) is 3.90. The van der Waals surface area contributed by atoms with E-state index in [2.05, 4.69) is 21.9 Å². The van der Waals surface area contributed by atoms with E-state index < -0.39 is 6.04 Å². The largest absolute Gasteiger partial charge is 0.326 e. The van der Waals surface area contributed by atoms with Gasteiger partial charge in [-0.15, -0.1) is 0 Å². The molecule has 2 aliphatic heterocycles. The molecule has 1 fully saturated rings. The summed E-state index contributed by atoms with van der Waals surface area (Å²) in [5.41, 5.74) is 8.06. The van der Waals surface area contributed by atoms with Crippen LogP contribution in [0.15, 0.2) is 18.2 Å². The van der Waals surface area contributed by atoms with E-state index in [1.54, 1.807) is 12.3 Å². The molecule has 3 N–H and O–H groups in total. The number of carbonyl (C=O) groups excluding carboxylic acids is 3. The zero-order chi connectivity index (χ0) is 17.7. The summed E-state index contributed by atoms with van der Waals surface area (Å²) < 4.78 is 4.15. The topological polar surface area (TPSA) is 102 Å². The van der Waals surface area contributed by atoms with Crippen molar-refractivity contribution in [2.45, 2.75) is 32.0 Å². The monoisotopic (exact) mass is 369 g/mol. The molecule has 3 rings (SSSR count). The van der Waals surface area contributed by atoms with Gasteiger partial charge in [0, 0.05) is 43.4 Å². The fourth-order valence-electron chi connectivity index (χ4n) is 2.75. The number of nitrogens with two attached hydrogens (primary N) is 1. The average molecular weight is 369 g/mol. The lowest BCUT2D eigenvalue weighted by atomic mass is 10.0. The third-order valence-corrected chi connectivity index (χ3v) is 4.49. The number of amides is 3. The second-order valence-corrected chi connectivity index (χ2v) is 6.27. The summed E-state index contributed by atoms with van der Waals surface area (Å²) in [5.74, 6) is -0.819. The first-order valence-electron chi connectivity index (χ1n) is 7.32. The summed E-state index contributed by atoms with van der Waals surface area (Å²) in [6.07, 6.45) is 2.45. The third kappa shape index (κ3) is 4.10. The van der Waals surface area contributed by atoms with Crippen molar-refractivity contribution in [3.63, 3.8) is 0 Å². The molecule has 1 atom stereocenters. The van der Waals surface area contributed by atoms with Gasteiger partial charge in [-0.3, -0.25) is 23.3 Å². The van der Waals surface area contributed by atoms with Crippen LogP contribution in [0.25, 0.3) is 0 Å². The second kappa shape index (κ2) is 8.52. The highest BCUT2D eigenvalue weighted by molar-refractivity contribution is 8.00. The molecule has 9 heteroatoms. The molecular weight excluding hydrogens is 350 g/mol. The standard InChI is InChI=1S/C14H15N3O3.CH4OS2/c15-6-8-1-2-10-9(5-8)7-17(14(10)20)11-3-4-12(18)16-13(11)19;1-4-2-3/h1-2,5,11H,3-4,6-7,15H2,(H,16,18,19);3H,1H3. The maximum atomic E-state index is 12.4. The lowest BCUT2D eigenvalue weighted by molar-refractivity contribution is -0.136. The number of fused-ring (bicyclic) bond motifs is 1. The van der Waals surface area contributed by atoms with E-state index in [1.807, 2.05) is 12.1 Å². The number of thiol groups is 1. The fourth-order valence-corrected chi connectivity index (χ4v) is 2.75. The van der Waals surface area contributed by atoms with Crippen LogP contribution in [0.5, 0.6) is 0 Å². The summed E-state index contributed by atoms with van der Waals surface area (Å²) in [4.78, 5) is 36.9. The van der Waals surface area contributed by atoms with Crippen molar-refractivity contribution in [2.24, 2.45) is 5.73 Å². The van der Waals surface area contributed by atoms with Gasteiger partial charge in [0.25, 0.3) is 5.91 Å². The number of hydrogen-bond donors (Lipinski definition) is 3. The molecule has 130 valence electrons. The van der Waals surface area contributed by atoms with Gasteiger partial charge in [-0.1, -0.05) is 12.1 Å². The first kappa shape index (κ1) is 18.8. The summed E-state index contributed by atoms with van der Waals surface area (Å²) in [6, 6.07) is 4.92. The number of benzene rings is 1. The molecule has 0 saturated carbocycles. The highest BCUT2D eigenvalue weighted by Crippen LogP contribution is 2.28. The van der Waals surface area contributed by atoms with Crippen LogP contribution in [0.3, 0.4) is 0 Å². The van der Waals surface area contributed by atoms with E-state index in [-0.39, 0.29) is 24.1 Å². The maximum absolute atomic E-state index is 12.4. The Hall–Kier alpha value is -1.55. The Balaban J connectivity index is 0.000000471. The van der Waals surface area contributed by atoms with Crippen LogP contribution >= 0.6 is 25.0 Å². The summed E-state index contributed by atoms with van der Waals surface area (Å²) in [5, 5.41) is 2.28. The second-order valence-electron chi connectivity index (χ2n) is 5.34. The number of nitrogens with one attached hydrogen (secondary N) is 1. The first-order chi connectivity index (χ1) is 11.5. The molecule has 0 radical (unpaired) electrons. The van der Waals surface area contributed by atoms with Crippen molar-refractivity contribution in [1.29, 1.82) is 0 Å².